The van der Waals surface area contributed by atoms with Crippen molar-refractivity contribution in [2.45, 2.75) is 24.9 Å². The first-order valence-corrected chi connectivity index (χ1v) is 8.72. The Morgan fingerprint density at radius 2 is 2.12 bits per heavy atom. The van der Waals surface area contributed by atoms with Crippen LogP contribution < -0.4 is 16.4 Å². The molecule has 0 radical (unpaired) electrons. The van der Waals surface area contributed by atoms with Gasteiger partial charge in [0.2, 0.25) is 5.95 Å². The summed E-state index contributed by atoms with van der Waals surface area (Å²) in [6.45, 7) is 1.07. The summed E-state index contributed by atoms with van der Waals surface area (Å²) < 4.78 is 15.0. The Hall–Kier alpha value is -2.45. The molecular weight excluding hydrogens is 357 g/mol. The Balaban J connectivity index is 1.58. The summed E-state index contributed by atoms with van der Waals surface area (Å²) in [6.07, 6.45) is 3.72. The van der Waals surface area contributed by atoms with Crippen LogP contribution in [0, 0.1) is 5.82 Å². The highest BCUT2D eigenvalue weighted by molar-refractivity contribution is 6.30. The molecule has 7 nitrogen and oxygen atoms in total. The minimum Gasteiger partial charge on any atom is -0.365 e. The minimum atomic E-state index is -0.436. The number of nitrogens with zero attached hydrogens (tertiary/aromatic N) is 4. The van der Waals surface area contributed by atoms with Gasteiger partial charge >= 0.3 is 0 Å². The number of benzene rings is 1. The van der Waals surface area contributed by atoms with Gasteiger partial charge in [-0.1, -0.05) is 17.7 Å². The fraction of sp³-hybridized carbons (Fsp3) is 0.353. The van der Waals surface area contributed by atoms with Gasteiger partial charge in [0.25, 0.3) is 0 Å². The summed E-state index contributed by atoms with van der Waals surface area (Å²) in [6, 6.07) is 4.62. The van der Waals surface area contributed by atoms with E-state index in [4.69, 9.17) is 17.3 Å². The van der Waals surface area contributed by atoms with Crippen molar-refractivity contribution in [3.8, 4) is 0 Å². The normalized spacial score (nSPS) is 15.2. The molecule has 0 saturated heterocycles. The number of aromatic nitrogens is 4. The SMILES string of the molecule is Cn1ncc2c(NCc3ccc(F)c(Cl)c3)nc(NCC3(N)CC3)nc21. The Morgan fingerprint density at radius 3 is 2.85 bits per heavy atom. The smallest absolute Gasteiger partial charge is 0.226 e. The molecule has 1 aromatic carbocycles. The largest absolute Gasteiger partial charge is 0.365 e. The Bertz CT molecular complexity index is 967. The zero-order valence-electron chi connectivity index (χ0n) is 14.3. The van der Waals surface area contributed by atoms with Gasteiger partial charge in [0.1, 0.15) is 11.6 Å². The highest BCUT2D eigenvalue weighted by Crippen LogP contribution is 2.32. The molecule has 2 aromatic heterocycles. The van der Waals surface area contributed by atoms with Crippen LogP contribution in [-0.2, 0) is 13.6 Å². The Morgan fingerprint density at radius 1 is 1.31 bits per heavy atom. The van der Waals surface area contributed by atoms with Gasteiger partial charge in [-0.2, -0.15) is 15.1 Å². The number of hydrogen-bond donors (Lipinski definition) is 3. The molecular formula is C17H19ClFN7. The first-order valence-electron chi connectivity index (χ1n) is 8.34. The molecule has 2 heterocycles. The fourth-order valence-corrected chi connectivity index (χ4v) is 2.87. The number of nitrogens with one attached hydrogen (secondary N) is 2. The molecule has 4 N–H and O–H groups in total. The molecule has 3 aromatic rings. The van der Waals surface area contributed by atoms with Gasteiger partial charge in [-0.15, -0.1) is 0 Å². The Kier molecular flexibility index (Phi) is 4.16. The highest BCUT2D eigenvalue weighted by atomic mass is 35.5. The number of nitrogens with two attached hydrogens (primary N) is 1. The molecule has 0 atom stereocenters. The number of halogens is 2. The molecule has 136 valence electrons. The second kappa shape index (κ2) is 6.37. The molecule has 9 heteroatoms. The summed E-state index contributed by atoms with van der Waals surface area (Å²) in [7, 11) is 1.83. The number of anilines is 2. The fourth-order valence-electron chi connectivity index (χ4n) is 2.66. The van der Waals surface area contributed by atoms with Crippen molar-refractivity contribution >= 4 is 34.4 Å². The molecule has 0 amide bonds. The lowest BCUT2D eigenvalue weighted by Gasteiger charge is -2.13. The molecule has 1 aliphatic carbocycles. The van der Waals surface area contributed by atoms with Gasteiger partial charge in [-0.05, 0) is 30.5 Å². The van der Waals surface area contributed by atoms with Crippen LogP contribution in [0.3, 0.4) is 0 Å². The lowest BCUT2D eigenvalue weighted by Crippen LogP contribution is -2.31. The van der Waals surface area contributed by atoms with Crippen LogP contribution in [0.15, 0.2) is 24.4 Å². The predicted octanol–water partition coefficient (Wildman–Crippen LogP) is 2.67. The monoisotopic (exact) mass is 375 g/mol. The third-order valence-corrected chi connectivity index (χ3v) is 4.82. The van der Waals surface area contributed by atoms with E-state index in [-0.39, 0.29) is 10.6 Å². The van der Waals surface area contributed by atoms with Crippen LogP contribution >= 0.6 is 11.6 Å². The van der Waals surface area contributed by atoms with E-state index in [9.17, 15) is 4.39 Å². The Labute approximate surface area is 154 Å². The van der Waals surface area contributed by atoms with E-state index in [1.54, 1.807) is 23.0 Å². The number of rotatable bonds is 6. The van der Waals surface area contributed by atoms with Gasteiger partial charge in [0.15, 0.2) is 5.65 Å². The van der Waals surface area contributed by atoms with Gasteiger partial charge < -0.3 is 16.4 Å². The summed E-state index contributed by atoms with van der Waals surface area (Å²) in [5.74, 6) is 0.708. The van der Waals surface area contributed by atoms with E-state index in [0.717, 1.165) is 23.8 Å². The first-order chi connectivity index (χ1) is 12.4. The van der Waals surface area contributed by atoms with E-state index in [0.29, 0.717) is 30.5 Å². The quantitative estimate of drug-likeness (QED) is 0.613. The second-order valence-corrected chi connectivity index (χ2v) is 7.13. The maximum absolute atomic E-state index is 13.3. The summed E-state index contributed by atoms with van der Waals surface area (Å²) in [5, 5.41) is 11.6. The maximum Gasteiger partial charge on any atom is 0.226 e. The average Bonchev–Trinajstić information content (AvgIpc) is 3.25. The van der Waals surface area contributed by atoms with Crippen molar-refractivity contribution in [3.63, 3.8) is 0 Å². The van der Waals surface area contributed by atoms with Crippen molar-refractivity contribution in [2.75, 3.05) is 17.2 Å². The van der Waals surface area contributed by atoms with Crippen LogP contribution in [0.1, 0.15) is 18.4 Å². The molecule has 4 rings (SSSR count). The highest BCUT2D eigenvalue weighted by Gasteiger charge is 2.38. The van der Waals surface area contributed by atoms with Crippen LogP contribution in [0.5, 0.6) is 0 Å². The van der Waals surface area contributed by atoms with Crippen molar-refractivity contribution < 1.29 is 4.39 Å². The van der Waals surface area contributed by atoms with Gasteiger partial charge in [0.05, 0.1) is 16.6 Å². The minimum absolute atomic E-state index is 0.0959. The van der Waals surface area contributed by atoms with E-state index < -0.39 is 5.82 Å². The van der Waals surface area contributed by atoms with Crippen molar-refractivity contribution in [1.82, 2.24) is 19.7 Å². The van der Waals surface area contributed by atoms with E-state index in [1.807, 2.05) is 7.05 Å². The third kappa shape index (κ3) is 3.42. The standard InChI is InChI=1S/C17H19ClFN7/c1-26-15-11(8-23-26)14(21-7-10-2-3-13(19)12(18)6-10)24-16(25-15)22-9-17(20)4-5-17/h2-3,6,8H,4-5,7,9,20H2,1H3,(H2,21,22,24,25). The maximum atomic E-state index is 13.3. The molecule has 0 bridgehead atoms. The van der Waals surface area contributed by atoms with Gasteiger partial charge in [-0.25, -0.2) is 4.39 Å². The van der Waals surface area contributed by atoms with Crippen LogP contribution in [0.2, 0.25) is 5.02 Å². The molecule has 1 saturated carbocycles. The van der Waals surface area contributed by atoms with Gasteiger partial charge in [0, 0.05) is 25.7 Å². The summed E-state index contributed by atoms with van der Waals surface area (Å²) >= 11 is 5.85. The van der Waals surface area contributed by atoms with Crippen LogP contribution in [-0.4, -0.2) is 31.8 Å². The lowest BCUT2D eigenvalue weighted by molar-refractivity contribution is 0.627. The average molecular weight is 376 g/mol. The third-order valence-electron chi connectivity index (χ3n) is 4.53. The van der Waals surface area contributed by atoms with E-state index >= 15 is 0 Å². The van der Waals surface area contributed by atoms with Crippen molar-refractivity contribution in [2.24, 2.45) is 12.8 Å². The lowest BCUT2D eigenvalue weighted by atomic mass is 10.2. The topological polar surface area (TPSA) is 93.7 Å². The molecule has 1 aliphatic rings. The summed E-state index contributed by atoms with van der Waals surface area (Å²) in [5.41, 5.74) is 7.53. The van der Waals surface area contributed by atoms with E-state index in [2.05, 4.69) is 25.7 Å². The number of hydrogen-bond acceptors (Lipinski definition) is 6. The summed E-state index contributed by atoms with van der Waals surface area (Å²) in [4.78, 5) is 9.07. The number of fused-ring (bicyclic) bond motifs is 1. The predicted molar refractivity (Wildman–Crippen MR) is 99.7 cm³/mol. The van der Waals surface area contributed by atoms with Crippen LogP contribution in [0.25, 0.3) is 11.0 Å². The molecule has 0 unspecified atom stereocenters. The van der Waals surface area contributed by atoms with Gasteiger partial charge in [-0.3, -0.25) is 4.68 Å². The van der Waals surface area contributed by atoms with Crippen molar-refractivity contribution in [3.05, 3.63) is 40.8 Å². The molecule has 1 fully saturated rings. The molecule has 0 aliphatic heterocycles. The zero-order chi connectivity index (χ0) is 18.3. The molecule has 26 heavy (non-hydrogen) atoms. The molecule has 0 spiro atoms. The zero-order valence-corrected chi connectivity index (χ0v) is 15.0. The number of aryl methyl sites for hydroxylation is 1. The van der Waals surface area contributed by atoms with Crippen molar-refractivity contribution in [1.29, 1.82) is 0 Å². The second-order valence-electron chi connectivity index (χ2n) is 6.72. The first kappa shape index (κ1) is 17.0. The van der Waals surface area contributed by atoms with E-state index in [1.165, 1.54) is 6.07 Å². The van der Waals surface area contributed by atoms with Crippen LogP contribution in [0.4, 0.5) is 16.2 Å².